The molecule has 1 aliphatic rings. The fraction of sp³-hybridized carbons (Fsp3) is 0.417. The van der Waals surface area contributed by atoms with E-state index >= 15 is 0 Å². The fourth-order valence-corrected chi connectivity index (χ4v) is 3.69. The van der Waals surface area contributed by atoms with E-state index in [0.29, 0.717) is 6.54 Å². The number of morpholine rings is 1. The number of quaternary nitrogens is 1. The molecule has 0 unspecified atom stereocenters. The summed E-state index contributed by atoms with van der Waals surface area (Å²) in [5, 5.41) is 2.98. The Morgan fingerprint density at radius 1 is 1.00 bits per heavy atom. The number of hydrogen-bond acceptors (Lipinski definition) is 3. The van der Waals surface area contributed by atoms with Crippen molar-refractivity contribution in [3.05, 3.63) is 70.3 Å². The minimum atomic E-state index is -0.0859. The summed E-state index contributed by atoms with van der Waals surface area (Å²) in [6, 6.07) is 14.1. The topological polar surface area (TPSA) is 59.8 Å². The van der Waals surface area contributed by atoms with Crippen LogP contribution >= 0.6 is 0 Å². The Morgan fingerprint density at radius 3 is 2.48 bits per heavy atom. The second kappa shape index (κ2) is 10.3. The Kier molecular flexibility index (Phi) is 7.55. The summed E-state index contributed by atoms with van der Waals surface area (Å²) in [6.07, 6.45) is 0.443. The average molecular weight is 396 g/mol. The van der Waals surface area contributed by atoms with Crippen LogP contribution in [0.1, 0.15) is 45.5 Å². The van der Waals surface area contributed by atoms with Crippen molar-refractivity contribution in [3.63, 3.8) is 0 Å². The average Bonchev–Trinajstić information content (AvgIpc) is 2.74. The van der Waals surface area contributed by atoms with Crippen LogP contribution in [0.2, 0.25) is 0 Å². The number of rotatable bonds is 8. The lowest BCUT2D eigenvalue weighted by atomic mass is 9.99. The molecule has 0 atom stereocenters. The quantitative estimate of drug-likeness (QED) is 0.672. The monoisotopic (exact) mass is 395 g/mol. The van der Waals surface area contributed by atoms with Gasteiger partial charge in [-0.15, -0.1) is 0 Å². The van der Waals surface area contributed by atoms with Gasteiger partial charge in [0.05, 0.1) is 13.2 Å². The number of nitrogens with one attached hydrogen (secondary N) is 2. The number of carbonyl (C=O) groups excluding carboxylic acids is 2. The highest BCUT2D eigenvalue weighted by atomic mass is 16.5. The molecule has 2 aromatic rings. The minimum Gasteiger partial charge on any atom is -0.370 e. The van der Waals surface area contributed by atoms with Crippen LogP contribution in [-0.4, -0.2) is 38.0 Å². The highest BCUT2D eigenvalue weighted by molar-refractivity contribution is 5.99. The summed E-state index contributed by atoms with van der Waals surface area (Å²) in [6.45, 7) is 8.99. The molecule has 2 aromatic carbocycles. The molecular formula is C24H31N2O3+. The van der Waals surface area contributed by atoms with E-state index in [1.54, 1.807) is 0 Å². The summed E-state index contributed by atoms with van der Waals surface area (Å²) in [4.78, 5) is 26.3. The first-order valence-electron chi connectivity index (χ1n) is 10.4. The van der Waals surface area contributed by atoms with Crippen molar-refractivity contribution in [2.75, 3.05) is 26.3 Å². The van der Waals surface area contributed by atoms with Crippen LogP contribution in [0, 0.1) is 13.8 Å². The third-order valence-corrected chi connectivity index (χ3v) is 5.51. The van der Waals surface area contributed by atoms with E-state index in [4.69, 9.17) is 4.74 Å². The van der Waals surface area contributed by atoms with Crippen LogP contribution in [0.25, 0.3) is 0 Å². The molecule has 3 rings (SSSR count). The molecule has 29 heavy (non-hydrogen) atoms. The molecule has 0 bridgehead atoms. The first kappa shape index (κ1) is 21.2. The molecule has 0 radical (unpaired) electrons. The van der Waals surface area contributed by atoms with Crippen molar-refractivity contribution >= 4 is 11.7 Å². The SMILES string of the molecule is Cc1ccc(C)c(C(=O)CCC(=O)NCc2ccccc2C[NH+]2CCOCC2)c1. The van der Waals surface area contributed by atoms with E-state index in [9.17, 15) is 9.59 Å². The Bertz CT molecular complexity index is 857. The van der Waals surface area contributed by atoms with E-state index in [0.717, 1.165) is 55.1 Å². The van der Waals surface area contributed by atoms with Crippen LogP contribution in [0.5, 0.6) is 0 Å². The van der Waals surface area contributed by atoms with Gasteiger partial charge in [0.25, 0.3) is 0 Å². The molecule has 0 spiro atoms. The highest BCUT2D eigenvalue weighted by Gasteiger charge is 2.16. The van der Waals surface area contributed by atoms with Gasteiger partial charge < -0.3 is 15.0 Å². The summed E-state index contributed by atoms with van der Waals surface area (Å²) < 4.78 is 5.43. The zero-order valence-corrected chi connectivity index (χ0v) is 17.4. The lowest BCUT2D eigenvalue weighted by molar-refractivity contribution is -0.921. The number of amides is 1. The molecule has 1 amide bonds. The molecular weight excluding hydrogens is 364 g/mol. The van der Waals surface area contributed by atoms with Crippen molar-refractivity contribution in [3.8, 4) is 0 Å². The minimum absolute atomic E-state index is 0.0256. The van der Waals surface area contributed by atoms with Gasteiger partial charge in [0.2, 0.25) is 5.91 Å². The van der Waals surface area contributed by atoms with Crippen LogP contribution in [0.3, 0.4) is 0 Å². The molecule has 1 saturated heterocycles. The first-order valence-corrected chi connectivity index (χ1v) is 10.4. The fourth-order valence-electron chi connectivity index (χ4n) is 3.69. The van der Waals surface area contributed by atoms with Crippen LogP contribution in [0.4, 0.5) is 0 Å². The molecule has 5 nitrogen and oxygen atoms in total. The molecule has 0 aliphatic carbocycles. The highest BCUT2D eigenvalue weighted by Crippen LogP contribution is 2.14. The molecule has 0 aromatic heterocycles. The van der Waals surface area contributed by atoms with E-state index in [-0.39, 0.29) is 24.5 Å². The van der Waals surface area contributed by atoms with Gasteiger partial charge in [-0.3, -0.25) is 9.59 Å². The molecule has 0 saturated carbocycles. The summed E-state index contributed by atoms with van der Waals surface area (Å²) in [5.41, 5.74) is 5.14. The Labute approximate surface area is 173 Å². The zero-order valence-electron chi connectivity index (χ0n) is 17.4. The largest absolute Gasteiger partial charge is 0.370 e. The Morgan fingerprint density at radius 2 is 1.72 bits per heavy atom. The van der Waals surface area contributed by atoms with Gasteiger partial charge in [-0.2, -0.15) is 0 Å². The van der Waals surface area contributed by atoms with E-state index in [1.807, 2.05) is 44.2 Å². The Hall–Kier alpha value is -2.50. The third kappa shape index (κ3) is 6.24. The van der Waals surface area contributed by atoms with Crippen LogP contribution in [-0.2, 0) is 22.6 Å². The maximum Gasteiger partial charge on any atom is 0.220 e. The van der Waals surface area contributed by atoms with Crippen molar-refractivity contribution in [2.45, 2.75) is 39.8 Å². The van der Waals surface area contributed by atoms with Crippen LogP contribution < -0.4 is 10.2 Å². The molecule has 1 aliphatic heterocycles. The van der Waals surface area contributed by atoms with E-state index in [2.05, 4.69) is 17.4 Å². The maximum atomic E-state index is 12.5. The number of hydrogen-bond donors (Lipinski definition) is 2. The summed E-state index contributed by atoms with van der Waals surface area (Å²) in [5.74, 6) is -0.0603. The van der Waals surface area contributed by atoms with Gasteiger partial charge in [0.1, 0.15) is 19.6 Å². The lowest BCUT2D eigenvalue weighted by Gasteiger charge is -2.24. The van der Waals surface area contributed by atoms with Gasteiger partial charge >= 0.3 is 0 Å². The smallest absolute Gasteiger partial charge is 0.220 e. The van der Waals surface area contributed by atoms with Crippen LogP contribution in [0.15, 0.2) is 42.5 Å². The molecule has 154 valence electrons. The number of carbonyl (C=O) groups is 2. The second-order valence-electron chi connectivity index (χ2n) is 7.83. The third-order valence-electron chi connectivity index (χ3n) is 5.51. The van der Waals surface area contributed by atoms with Crippen molar-refractivity contribution < 1.29 is 19.2 Å². The van der Waals surface area contributed by atoms with Gasteiger partial charge in [0, 0.05) is 30.5 Å². The number of ether oxygens (including phenoxy) is 1. The molecule has 1 heterocycles. The van der Waals surface area contributed by atoms with Crippen molar-refractivity contribution in [1.82, 2.24) is 5.32 Å². The van der Waals surface area contributed by atoms with Crippen molar-refractivity contribution in [1.29, 1.82) is 0 Å². The Balaban J connectivity index is 1.50. The summed E-state index contributed by atoms with van der Waals surface area (Å²) in [7, 11) is 0. The number of benzene rings is 2. The van der Waals surface area contributed by atoms with Gasteiger partial charge in [-0.05, 0) is 31.0 Å². The molecule has 5 heteroatoms. The maximum absolute atomic E-state index is 12.5. The lowest BCUT2D eigenvalue weighted by Crippen LogP contribution is -3.12. The van der Waals surface area contributed by atoms with Gasteiger partial charge in [-0.1, -0.05) is 42.0 Å². The standard InChI is InChI=1S/C24H30N2O3/c1-18-7-8-19(2)22(15-18)23(27)9-10-24(28)25-16-20-5-3-4-6-21(20)17-26-11-13-29-14-12-26/h3-8,15H,9-14,16-17H2,1-2H3,(H,25,28)/p+1. The second-order valence-corrected chi connectivity index (χ2v) is 7.83. The van der Waals surface area contributed by atoms with E-state index in [1.165, 1.54) is 10.5 Å². The summed E-state index contributed by atoms with van der Waals surface area (Å²) >= 11 is 0. The van der Waals surface area contributed by atoms with Gasteiger partial charge in [-0.25, -0.2) is 0 Å². The number of aryl methyl sites for hydroxylation is 2. The van der Waals surface area contributed by atoms with Gasteiger partial charge in [0.15, 0.2) is 5.78 Å². The first-order chi connectivity index (χ1) is 14.0. The predicted molar refractivity (Wildman–Crippen MR) is 113 cm³/mol. The van der Waals surface area contributed by atoms with E-state index < -0.39 is 0 Å². The molecule has 1 fully saturated rings. The number of Topliss-reactive ketones (excluding diaryl/α,β-unsaturated/α-hetero) is 1. The zero-order chi connectivity index (χ0) is 20.6. The normalized spacial score (nSPS) is 14.6. The molecule has 2 N–H and O–H groups in total. The predicted octanol–water partition coefficient (Wildman–Crippen LogP) is 2.00. The number of ketones is 1. The van der Waals surface area contributed by atoms with Crippen molar-refractivity contribution in [2.24, 2.45) is 0 Å².